The molecule has 0 radical (unpaired) electrons. The molecular weight excluding hydrogens is 256 g/mol. The molecule has 1 atom stereocenters. The smallest absolute Gasteiger partial charge is 0.227 e. The summed E-state index contributed by atoms with van der Waals surface area (Å²) in [7, 11) is 0. The molecule has 1 fully saturated rings. The highest BCUT2D eigenvalue weighted by Gasteiger charge is 2.32. The number of hydrogen-bond acceptors (Lipinski definition) is 3. The lowest BCUT2D eigenvalue weighted by molar-refractivity contribution is -0.117. The van der Waals surface area contributed by atoms with E-state index in [1.807, 2.05) is 0 Å². The topological polar surface area (TPSA) is 95.1 Å². The van der Waals surface area contributed by atoms with Crippen molar-refractivity contribution in [2.24, 2.45) is 11.0 Å². The van der Waals surface area contributed by atoms with Crippen molar-refractivity contribution in [2.75, 3.05) is 23.7 Å². The van der Waals surface area contributed by atoms with Gasteiger partial charge in [-0.2, -0.15) is 0 Å². The molecule has 6 nitrogen and oxygen atoms in total. The first-order chi connectivity index (χ1) is 9.02. The Bertz CT molecular complexity index is 547. The molecule has 0 spiro atoms. The van der Waals surface area contributed by atoms with E-state index in [4.69, 9.17) is 11.3 Å². The molecule has 0 saturated carbocycles. The minimum Gasteiger partial charge on any atom is -0.397 e. The zero-order valence-electron chi connectivity index (χ0n) is 9.88. The van der Waals surface area contributed by atoms with Gasteiger partial charge in [-0.05, 0) is 17.5 Å². The summed E-state index contributed by atoms with van der Waals surface area (Å²) in [6.07, 6.45) is 0.148. The number of nitrogens with zero attached hydrogens (tertiary/aromatic N) is 4. The van der Waals surface area contributed by atoms with Crippen LogP contribution in [0.25, 0.3) is 10.4 Å². The van der Waals surface area contributed by atoms with Gasteiger partial charge < -0.3 is 10.6 Å². The first-order valence-corrected chi connectivity index (χ1v) is 5.58. The van der Waals surface area contributed by atoms with Gasteiger partial charge in [-0.3, -0.25) is 4.79 Å². The van der Waals surface area contributed by atoms with E-state index >= 15 is 0 Å². The van der Waals surface area contributed by atoms with Crippen molar-refractivity contribution in [2.45, 2.75) is 6.42 Å². The van der Waals surface area contributed by atoms with Crippen molar-refractivity contribution in [1.29, 1.82) is 0 Å². The van der Waals surface area contributed by atoms with E-state index in [-0.39, 0.29) is 42.7 Å². The molecule has 100 valence electrons. The number of amides is 1. The van der Waals surface area contributed by atoms with Gasteiger partial charge in [0.15, 0.2) is 5.82 Å². The Morgan fingerprint density at radius 3 is 2.89 bits per heavy atom. The molecule has 1 heterocycles. The summed E-state index contributed by atoms with van der Waals surface area (Å²) in [5, 5.41) is 3.39. The van der Waals surface area contributed by atoms with Gasteiger partial charge in [0, 0.05) is 30.5 Å². The van der Waals surface area contributed by atoms with Gasteiger partial charge in [0.05, 0.1) is 5.69 Å². The van der Waals surface area contributed by atoms with Crippen LogP contribution in [0.15, 0.2) is 17.2 Å². The van der Waals surface area contributed by atoms with Crippen molar-refractivity contribution < 1.29 is 13.6 Å². The third kappa shape index (κ3) is 2.58. The Labute approximate surface area is 107 Å². The van der Waals surface area contributed by atoms with Crippen LogP contribution in [-0.4, -0.2) is 19.0 Å². The number of rotatable bonds is 3. The standard InChI is InChI=1S/C11H11F2N5O/c12-7-2-8(13)11(9(14)3-7)18-5-6(1-10(18)19)4-16-17-15/h2-3,6H,1,4-5,14H2. The molecule has 2 N–H and O–H groups in total. The maximum absolute atomic E-state index is 13.7. The first kappa shape index (κ1) is 13.1. The zero-order chi connectivity index (χ0) is 14.0. The third-order valence-corrected chi connectivity index (χ3v) is 2.94. The van der Waals surface area contributed by atoms with Gasteiger partial charge in [-0.15, -0.1) is 0 Å². The molecule has 0 aliphatic carbocycles. The molecule has 2 rings (SSSR count). The summed E-state index contributed by atoms with van der Waals surface area (Å²) in [4.78, 5) is 15.6. The maximum atomic E-state index is 13.7. The highest BCUT2D eigenvalue weighted by atomic mass is 19.1. The third-order valence-electron chi connectivity index (χ3n) is 2.94. The summed E-state index contributed by atoms with van der Waals surface area (Å²) in [6, 6.07) is 1.65. The average molecular weight is 267 g/mol. The summed E-state index contributed by atoms with van der Waals surface area (Å²) in [5.74, 6) is -2.19. The van der Waals surface area contributed by atoms with E-state index in [2.05, 4.69) is 10.0 Å². The predicted molar refractivity (Wildman–Crippen MR) is 65.2 cm³/mol. The summed E-state index contributed by atoms with van der Waals surface area (Å²) in [5.41, 5.74) is 13.5. The van der Waals surface area contributed by atoms with Gasteiger partial charge in [0.1, 0.15) is 11.5 Å². The van der Waals surface area contributed by atoms with Crippen LogP contribution in [0, 0.1) is 17.6 Å². The Kier molecular flexibility index (Phi) is 3.52. The fourth-order valence-electron chi connectivity index (χ4n) is 2.14. The van der Waals surface area contributed by atoms with Crippen molar-refractivity contribution in [1.82, 2.24) is 0 Å². The van der Waals surface area contributed by atoms with Gasteiger partial charge in [-0.25, -0.2) is 8.78 Å². The second-order valence-corrected chi connectivity index (χ2v) is 4.31. The number of azide groups is 1. The Morgan fingerprint density at radius 2 is 2.26 bits per heavy atom. The van der Waals surface area contributed by atoms with Crippen LogP contribution >= 0.6 is 0 Å². The van der Waals surface area contributed by atoms with Gasteiger partial charge >= 0.3 is 0 Å². The molecule has 8 heteroatoms. The van der Waals surface area contributed by atoms with E-state index in [9.17, 15) is 13.6 Å². The zero-order valence-corrected chi connectivity index (χ0v) is 9.88. The molecular formula is C11H11F2N5O. The number of carbonyl (C=O) groups excluding carboxylic acids is 1. The van der Waals surface area contributed by atoms with E-state index < -0.39 is 11.6 Å². The molecule has 1 unspecified atom stereocenters. The van der Waals surface area contributed by atoms with E-state index in [1.165, 1.54) is 4.90 Å². The van der Waals surface area contributed by atoms with E-state index in [0.717, 1.165) is 6.07 Å². The maximum Gasteiger partial charge on any atom is 0.227 e. The quantitative estimate of drug-likeness (QED) is 0.393. The minimum absolute atomic E-state index is 0.116. The molecule has 1 aliphatic heterocycles. The fourth-order valence-corrected chi connectivity index (χ4v) is 2.14. The summed E-state index contributed by atoms with van der Waals surface area (Å²) < 4.78 is 26.7. The minimum atomic E-state index is -0.879. The molecule has 0 aromatic heterocycles. The van der Waals surface area contributed by atoms with Crippen LogP contribution in [0.4, 0.5) is 20.2 Å². The molecule has 1 amide bonds. The predicted octanol–water partition coefficient (Wildman–Crippen LogP) is 2.21. The SMILES string of the molecule is [N-]=[N+]=NCC1CC(=O)N(c2c(N)cc(F)cc2F)C1. The van der Waals surface area contributed by atoms with Crippen LogP contribution in [0.3, 0.4) is 0 Å². The lowest BCUT2D eigenvalue weighted by Crippen LogP contribution is -2.27. The highest BCUT2D eigenvalue weighted by molar-refractivity contribution is 5.98. The van der Waals surface area contributed by atoms with Crippen LogP contribution in [0.5, 0.6) is 0 Å². The van der Waals surface area contributed by atoms with E-state index in [0.29, 0.717) is 6.07 Å². The number of halogens is 2. The van der Waals surface area contributed by atoms with Gasteiger partial charge in [-0.1, -0.05) is 5.11 Å². The number of anilines is 2. The first-order valence-electron chi connectivity index (χ1n) is 5.58. The van der Waals surface area contributed by atoms with Crippen LogP contribution in [-0.2, 0) is 4.79 Å². The Morgan fingerprint density at radius 1 is 1.53 bits per heavy atom. The lowest BCUT2D eigenvalue weighted by atomic mass is 10.1. The van der Waals surface area contributed by atoms with Crippen molar-refractivity contribution in [3.05, 3.63) is 34.2 Å². The monoisotopic (exact) mass is 267 g/mol. The highest BCUT2D eigenvalue weighted by Crippen LogP contribution is 2.33. The molecule has 1 aromatic rings. The number of benzene rings is 1. The molecule has 1 saturated heterocycles. The van der Waals surface area contributed by atoms with Crippen molar-refractivity contribution >= 4 is 17.3 Å². The normalized spacial score (nSPS) is 18.5. The number of hydrogen-bond donors (Lipinski definition) is 1. The summed E-state index contributed by atoms with van der Waals surface area (Å²) in [6.45, 7) is 0.353. The van der Waals surface area contributed by atoms with Crippen molar-refractivity contribution in [3.63, 3.8) is 0 Å². The Balaban J connectivity index is 2.28. The molecule has 19 heavy (non-hydrogen) atoms. The van der Waals surface area contributed by atoms with Crippen LogP contribution in [0.2, 0.25) is 0 Å². The number of nitrogen functional groups attached to an aromatic ring is 1. The second-order valence-electron chi connectivity index (χ2n) is 4.31. The van der Waals surface area contributed by atoms with Crippen LogP contribution in [0.1, 0.15) is 6.42 Å². The second kappa shape index (κ2) is 5.11. The molecule has 1 aromatic carbocycles. The molecule has 0 bridgehead atoms. The number of nitrogens with two attached hydrogens (primary N) is 1. The Hall–Kier alpha value is -2.34. The fraction of sp³-hybridized carbons (Fsp3) is 0.364. The largest absolute Gasteiger partial charge is 0.397 e. The summed E-state index contributed by atoms with van der Waals surface area (Å²) >= 11 is 0. The average Bonchev–Trinajstić information content (AvgIpc) is 2.67. The molecule has 1 aliphatic rings. The van der Waals surface area contributed by atoms with Crippen molar-refractivity contribution in [3.8, 4) is 0 Å². The number of carbonyl (C=O) groups is 1. The van der Waals surface area contributed by atoms with Gasteiger partial charge in [0.2, 0.25) is 5.91 Å². The van der Waals surface area contributed by atoms with Crippen LogP contribution < -0.4 is 10.6 Å². The van der Waals surface area contributed by atoms with Gasteiger partial charge in [0.25, 0.3) is 0 Å². The lowest BCUT2D eigenvalue weighted by Gasteiger charge is -2.19. The van der Waals surface area contributed by atoms with E-state index in [1.54, 1.807) is 0 Å².